The molecular formula is C18H17N7O3. The minimum Gasteiger partial charge on any atom is -0.461 e. The van der Waals surface area contributed by atoms with Crippen molar-refractivity contribution in [3.8, 4) is 11.5 Å². The van der Waals surface area contributed by atoms with Gasteiger partial charge >= 0.3 is 0 Å². The Hall–Kier alpha value is -3.69. The summed E-state index contributed by atoms with van der Waals surface area (Å²) in [6.45, 7) is 2.41. The van der Waals surface area contributed by atoms with Crippen LogP contribution in [0.2, 0.25) is 0 Å². The molecule has 0 N–H and O–H groups in total. The quantitative estimate of drug-likeness (QED) is 0.528. The van der Waals surface area contributed by atoms with Crippen LogP contribution in [0.4, 0.5) is 5.82 Å². The molecule has 0 atom stereocenters. The summed E-state index contributed by atoms with van der Waals surface area (Å²) in [7, 11) is 1.85. The van der Waals surface area contributed by atoms with E-state index in [2.05, 4.69) is 25.0 Å². The maximum absolute atomic E-state index is 12.9. The predicted octanol–water partition coefficient (Wildman–Crippen LogP) is 1.57. The van der Waals surface area contributed by atoms with E-state index in [9.17, 15) is 4.79 Å². The number of aromatic nitrogens is 5. The summed E-state index contributed by atoms with van der Waals surface area (Å²) in [6.07, 6.45) is 6.11. The van der Waals surface area contributed by atoms with Crippen molar-refractivity contribution in [2.45, 2.75) is 0 Å². The maximum atomic E-state index is 12.9. The Kier molecular flexibility index (Phi) is 3.81. The van der Waals surface area contributed by atoms with Crippen molar-refractivity contribution >= 4 is 22.8 Å². The van der Waals surface area contributed by atoms with E-state index in [1.807, 2.05) is 7.05 Å². The van der Waals surface area contributed by atoms with Crippen LogP contribution in [-0.2, 0) is 7.05 Å². The molecule has 0 saturated carbocycles. The first kappa shape index (κ1) is 16.5. The number of carbonyl (C=O) groups is 1. The van der Waals surface area contributed by atoms with Gasteiger partial charge in [-0.3, -0.25) is 9.48 Å². The van der Waals surface area contributed by atoms with Gasteiger partial charge in [0.25, 0.3) is 5.91 Å². The smallest absolute Gasteiger partial charge is 0.276 e. The Labute approximate surface area is 159 Å². The summed E-state index contributed by atoms with van der Waals surface area (Å²) < 4.78 is 12.4. The molecule has 142 valence electrons. The number of hydrogen-bond acceptors (Lipinski definition) is 8. The summed E-state index contributed by atoms with van der Waals surface area (Å²) in [5.41, 5.74) is 1.05. The number of furan rings is 1. The standard InChI is InChI=1S/C18H17N7O3/c1-23-16-12(9-22-23)17(20-10-19-16)24-4-6-25(7-5-24)18(26)14-15(28-11-21-14)13-3-2-8-27-13/h2-3,8-11H,4-7H2,1H3. The van der Waals surface area contributed by atoms with E-state index in [1.165, 1.54) is 12.7 Å². The fourth-order valence-electron chi connectivity index (χ4n) is 3.45. The lowest BCUT2D eigenvalue weighted by Gasteiger charge is -2.35. The molecule has 1 aliphatic rings. The second kappa shape index (κ2) is 6.48. The molecule has 0 aromatic carbocycles. The van der Waals surface area contributed by atoms with Gasteiger partial charge < -0.3 is 18.6 Å². The fourth-order valence-corrected chi connectivity index (χ4v) is 3.45. The molecule has 1 amide bonds. The van der Waals surface area contributed by atoms with E-state index in [-0.39, 0.29) is 11.6 Å². The Morgan fingerprint density at radius 1 is 1.11 bits per heavy atom. The average Bonchev–Trinajstić information content (AvgIpc) is 3.48. The Morgan fingerprint density at radius 2 is 1.96 bits per heavy atom. The number of carbonyl (C=O) groups excluding carboxylic acids is 1. The Morgan fingerprint density at radius 3 is 2.75 bits per heavy atom. The van der Waals surface area contributed by atoms with Crippen molar-refractivity contribution in [1.29, 1.82) is 0 Å². The van der Waals surface area contributed by atoms with Crippen LogP contribution < -0.4 is 4.90 Å². The van der Waals surface area contributed by atoms with Crippen LogP contribution in [0.25, 0.3) is 22.6 Å². The zero-order chi connectivity index (χ0) is 19.1. The highest BCUT2D eigenvalue weighted by molar-refractivity contribution is 5.97. The van der Waals surface area contributed by atoms with Gasteiger partial charge in [0.05, 0.1) is 17.8 Å². The number of oxazole rings is 1. The first-order chi connectivity index (χ1) is 13.7. The molecule has 10 heteroatoms. The average molecular weight is 379 g/mol. The highest BCUT2D eigenvalue weighted by Crippen LogP contribution is 2.26. The maximum Gasteiger partial charge on any atom is 0.276 e. The van der Waals surface area contributed by atoms with Crippen molar-refractivity contribution < 1.29 is 13.6 Å². The molecule has 0 aliphatic carbocycles. The lowest BCUT2D eigenvalue weighted by atomic mass is 10.2. The highest BCUT2D eigenvalue weighted by atomic mass is 16.4. The number of aryl methyl sites for hydroxylation is 1. The van der Waals surface area contributed by atoms with E-state index >= 15 is 0 Å². The molecule has 4 aromatic rings. The molecule has 1 saturated heterocycles. The van der Waals surface area contributed by atoms with Crippen LogP contribution in [0.5, 0.6) is 0 Å². The molecule has 5 rings (SSSR count). The largest absolute Gasteiger partial charge is 0.461 e. The topological polar surface area (TPSA) is 106 Å². The second-order valence-electron chi connectivity index (χ2n) is 6.49. The predicted molar refractivity (Wildman–Crippen MR) is 98.6 cm³/mol. The van der Waals surface area contributed by atoms with Crippen molar-refractivity contribution in [2.24, 2.45) is 7.05 Å². The molecule has 0 radical (unpaired) electrons. The van der Waals surface area contributed by atoms with E-state index in [0.29, 0.717) is 37.7 Å². The summed E-state index contributed by atoms with van der Waals surface area (Å²) in [5, 5.41) is 5.16. The van der Waals surface area contributed by atoms with Crippen molar-refractivity contribution in [3.63, 3.8) is 0 Å². The molecule has 1 fully saturated rings. The van der Waals surface area contributed by atoms with Crippen molar-refractivity contribution in [1.82, 2.24) is 29.6 Å². The fraction of sp³-hybridized carbons (Fsp3) is 0.278. The molecule has 10 nitrogen and oxygen atoms in total. The summed E-state index contributed by atoms with van der Waals surface area (Å²) >= 11 is 0. The number of hydrogen-bond donors (Lipinski definition) is 0. The number of rotatable bonds is 3. The van der Waals surface area contributed by atoms with Gasteiger partial charge in [0.2, 0.25) is 5.76 Å². The molecule has 4 aromatic heterocycles. The van der Waals surface area contributed by atoms with Crippen LogP contribution in [0.3, 0.4) is 0 Å². The SMILES string of the molecule is Cn1ncc2c(N3CCN(C(=O)c4ncoc4-c4ccco4)CC3)ncnc21. The zero-order valence-electron chi connectivity index (χ0n) is 15.1. The van der Waals surface area contributed by atoms with Crippen LogP contribution in [0.15, 0.2) is 46.1 Å². The Bertz CT molecular complexity index is 1120. The van der Waals surface area contributed by atoms with Crippen LogP contribution in [-0.4, -0.2) is 61.7 Å². The van der Waals surface area contributed by atoms with Crippen LogP contribution >= 0.6 is 0 Å². The van der Waals surface area contributed by atoms with Crippen molar-refractivity contribution in [2.75, 3.05) is 31.1 Å². The van der Waals surface area contributed by atoms with E-state index in [4.69, 9.17) is 8.83 Å². The summed E-state index contributed by atoms with van der Waals surface area (Å²) in [4.78, 5) is 29.7. The van der Waals surface area contributed by atoms with Crippen molar-refractivity contribution in [3.05, 3.63) is 43.0 Å². The van der Waals surface area contributed by atoms with Crippen LogP contribution in [0, 0.1) is 0 Å². The van der Waals surface area contributed by atoms with Gasteiger partial charge in [-0.25, -0.2) is 15.0 Å². The van der Waals surface area contributed by atoms with Gasteiger partial charge in [-0.1, -0.05) is 0 Å². The van der Waals surface area contributed by atoms with Gasteiger partial charge in [-0.2, -0.15) is 5.10 Å². The molecule has 0 bridgehead atoms. The van der Waals surface area contributed by atoms with E-state index in [0.717, 1.165) is 16.9 Å². The second-order valence-corrected chi connectivity index (χ2v) is 6.49. The molecule has 0 spiro atoms. The molecule has 5 heterocycles. The number of piperazine rings is 1. The number of amides is 1. The third kappa shape index (κ3) is 2.61. The van der Waals surface area contributed by atoms with E-state index in [1.54, 1.807) is 34.2 Å². The summed E-state index contributed by atoms with van der Waals surface area (Å²) in [6, 6.07) is 3.48. The normalized spacial score (nSPS) is 14.8. The number of fused-ring (bicyclic) bond motifs is 1. The third-order valence-corrected chi connectivity index (χ3v) is 4.89. The molecule has 0 unspecified atom stereocenters. The lowest BCUT2D eigenvalue weighted by molar-refractivity contribution is 0.0741. The third-order valence-electron chi connectivity index (χ3n) is 4.89. The monoisotopic (exact) mass is 379 g/mol. The molecule has 1 aliphatic heterocycles. The first-order valence-electron chi connectivity index (χ1n) is 8.86. The zero-order valence-corrected chi connectivity index (χ0v) is 15.1. The molecule has 28 heavy (non-hydrogen) atoms. The highest BCUT2D eigenvalue weighted by Gasteiger charge is 2.29. The summed E-state index contributed by atoms with van der Waals surface area (Å²) in [5.74, 6) is 1.50. The van der Waals surface area contributed by atoms with Gasteiger partial charge in [-0.05, 0) is 12.1 Å². The number of nitrogens with zero attached hydrogens (tertiary/aromatic N) is 7. The minimum absolute atomic E-state index is 0.172. The van der Waals surface area contributed by atoms with Gasteiger partial charge in [0.1, 0.15) is 12.1 Å². The van der Waals surface area contributed by atoms with Gasteiger partial charge in [0.15, 0.2) is 23.5 Å². The lowest BCUT2D eigenvalue weighted by Crippen LogP contribution is -2.49. The van der Waals surface area contributed by atoms with Gasteiger partial charge in [0, 0.05) is 33.2 Å². The number of anilines is 1. The molecular weight excluding hydrogens is 362 g/mol. The Balaban J connectivity index is 1.34. The first-order valence-corrected chi connectivity index (χ1v) is 8.86. The van der Waals surface area contributed by atoms with Crippen LogP contribution in [0.1, 0.15) is 10.5 Å². The minimum atomic E-state index is -0.172. The van der Waals surface area contributed by atoms with E-state index < -0.39 is 0 Å². The van der Waals surface area contributed by atoms with Gasteiger partial charge in [-0.15, -0.1) is 0 Å².